The van der Waals surface area contributed by atoms with Crippen LogP contribution >= 0.6 is 0 Å². The fraction of sp³-hybridized carbons (Fsp3) is 0.214. The van der Waals surface area contributed by atoms with E-state index in [9.17, 15) is 4.79 Å². The van der Waals surface area contributed by atoms with E-state index in [4.69, 9.17) is 0 Å². The van der Waals surface area contributed by atoms with Crippen molar-refractivity contribution in [2.45, 2.75) is 20.4 Å². The van der Waals surface area contributed by atoms with Gasteiger partial charge in [-0.1, -0.05) is 18.2 Å². The van der Waals surface area contributed by atoms with Crippen molar-refractivity contribution < 1.29 is 0 Å². The smallest absolute Gasteiger partial charge is 0.350 e. The lowest BCUT2D eigenvalue weighted by Crippen LogP contribution is -2.15. The summed E-state index contributed by atoms with van der Waals surface area (Å²) in [6.45, 7) is 4.77. The first-order valence-corrected chi connectivity index (χ1v) is 6.37. The second-order valence-corrected chi connectivity index (χ2v) is 4.76. The van der Waals surface area contributed by atoms with Gasteiger partial charge in [0, 0.05) is 18.8 Å². The van der Waals surface area contributed by atoms with Gasteiger partial charge in [-0.25, -0.2) is 19.3 Å². The lowest BCUT2D eigenvalue weighted by atomic mass is 10.1. The predicted octanol–water partition coefficient (Wildman–Crippen LogP) is 1.65. The number of hydrogen-bond donors (Lipinski definition) is 2. The van der Waals surface area contributed by atoms with Crippen LogP contribution in [0.2, 0.25) is 0 Å². The van der Waals surface area contributed by atoms with Crippen molar-refractivity contribution in [3.63, 3.8) is 0 Å². The minimum Gasteiger partial charge on any atom is -0.351 e. The molecule has 0 aliphatic rings. The SMILES string of the molecule is Cc1ccc(CNc2nccc3n[nH]c(=O)n23)cc1C. The van der Waals surface area contributed by atoms with Crippen molar-refractivity contribution in [1.29, 1.82) is 0 Å². The van der Waals surface area contributed by atoms with Gasteiger partial charge in [-0.05, 0) is 30.5 Å². The summed E-state index contributed by atoms with van der Waals surface area (Å²) in [6, 6.07) is 7.96. The second-order valence-electron chi connectivity index (χ2n) is 4.76. The van der Waals surface area contributed by atoms with Crippen LogP contribution in [0.25, 0.3) is 5.65 Å². The molecule has 0 spiro atoms. The number of nitrogens with one attached hydrogen (secondary N) is 2. The number of aromatic amines is 1. The van der Waals surface area contributed by atoms with Gasteiger partial charge in [0.2, 0.25) is 5.95 Å². The van der Waals surface area contributed by atoms with Crippen molar-refractivity contribution in [2.24, 2.45) is 0 Å². The van der Waals surface area contributed by atoms with Gasteiger partial charge >= 0.3 is 5.69 Å². The molecule has 3 aromatic rings. The Hall–Kier alpha value is -2.63. The standard InChI is InChI=1S/C14H15N5O/c1-9-3-4-11(7-10(9)2)8-16-13-15-6-5-12-17-18-14(20)19(12)13/h3-7H,8H2,1-2H3,(H,15,16)(H,18,20). The van der Waals surface area contributed by atoms with Gasteiger partial charge in [-0.15, -0.1) is 0 Å². The average molecular weight is 269 g/mol. The molecule has 6 nitrogen and oxygen atoms in total. The van der Waals surface area contributed by atoms with Crippen LogP contribution < -0.4 is 11.0 Å². The van der Waals surface area contributed by atoms with Gasteiger partial charge in [0.05, 0.1) is 0 Å². The van der Waals surface area contributed by atoms with Crippen LogP contribution in [0.5, 0.6) is 0 Å². The van der Waals surface area contributed by atoms with Gasteiger partial charge in [-0.2, -0.15) is 5.10 Å². The van der Waals surface area contributed by atoms with Crippen LogP contribution in [0, 0.1) is 13.8 Å². The number of H-pyrrole nitrogens is 1. The molecule has 0 bridgehead atoms. The lowest BCUT2D eigenvalue weighted by Gasteiger charge is -2.08. The van der Waals surface area contributed by atoms with Crippen molar-refractivity contribution in [3.8, 4) is 0 Å². The first-order valence-electron chi connectivity index (χ1n) is 6.37. The Labute approximate surface area is 115 Å². The summed E-state index contributed by atoms with van der Waals surface area (Å²) in [7, 11) is 0. The molecule has 0 saturated carbocycles. The highest BCUT2D eigenvalue weighted by molar-refractivity contribution is 5.43. The van der Waals surface area contributed by atoms with E-state index in [1.165, 1.54) is 15.5 Å². The van der Waals surface area contributed by atoms with Gasteiger partial charge in [0.15, 0.2) is 5.65 Å². The van der Waals surface area contributed by atoms with Crippen molar-refractivity contribution in [3.05, 3.63) is 57.6 Å². The zero-order chi connectivity index (χ0) is 14.1. The summed E-state index contributed by atoms with van der Waals surface area (Å²) in [5.41, 5.74) is 3.91. The van der Waals surface area contributed by atoms with E-state index in [0.717, 1.165) is 5.56 Å². The van der Waals surface area contributed by atoms with Crippen molar-refractivity contribution >= 4 is 11.6 Å². The van der Waals surface area contributed by atoms with Gasteiger partial charge < -0.3 is 5.32 Å². The summed E-state index contributed by atoms with van der Waals surface area (Å²) in [5, 5.41) is 9.48. The Morgan fingerprint density at radius 2 is 2.10 bits per heavy atom. The Kier molecular flexibility index (Phi) is 2.98. The molecule has 20 heavy (non-hydrogen) atoms. The molecule has 0 saturated heterocycles. The number of nitrogens with zero attached hydrogens (tertiary/aromatic N) is 3. The Balaban J connectivity index is 1.88. The second kappa shape index (κ2) is 4.80. The van der Waals surface area contributed by atoms with Crippen LogP contribution in [0.15, 0.2) is 35.3 Å². The molecular weight excluding hydrogens is 254 g/mol. The fourth-order valence-electron chi connectivity index (χ4n) is 2.08. The highest BCUT2D eigenvalue weighted by Crippen LogP contribution is 2.11. The summed E-state index contributed by atoms with van der Waals surface area (Å²) >= 11 is 0. The van der Waals surface area contributed by atoms with Crippen LogP contribution in [-0.4, -0.2) is 19.6 Å². The first kappa shape index (κ1) is 12.4. The van der Waals surface area contributed by atoms with E-state index in [2.05, 4.69) is 52.5 Å². The molecule has 1 aromatic carbocycles. The maximum Gasteiger partial charge on any atom is 0.350 e. The van der Waals surface area contributed by atoms with Crippen molar-refractivity contribution in [1.82, 2.24) is 19.6 Å². The number of rotatable bonds is 3. The third kappa shape index (κ3) is 2.16. The lowest BCUT2D eigenvalue weighted by molar-refractivity contribution is 0.968. The Morgan fingerprint density at radius 3 is 2.90 bits per heavy atom. The number of anilines is 1. The number of fused-ring (bicyclic) bond motifs is 1. The summed E-state index contributed by atoms with van der Waals surface area (Å²) in [5.74, 6) is 0.486. The minimum atomic E-state index is -0.296. The zero-order valence-electron chi connectivity index (χ0n) is 11.3. The minimum absolute atomic E-state index is 0.296. The molecular formula is C14H15N5O. The molecule has 0 amide bonds. The Morgan fingerprint density at radius 1 is 1.25 bits per heavy atom. The maximum absolute atomic E-state index is 11.7. The molecule has 0 aliphatic heterocycles. The third-order valence-corrected chi connectivity index (χ3v) is 3.35. The molecule has 2 heterocycles. The van der Waals surface area contributed by atoms with Crippen molar-refractivity contribution in [2.75, 3.05) is 5.32 Å². The van der Waals surface area contributed by atoms with E-state index in [1.807, 2.05) is 0 Å². The largest absolute Gasteiger partial charge is 0.351 e. The third-order valence-electron chi connectivity index (χ3n) is 3.35. The van der Waals surface area contributed by atoms with Crippen LogP contribution in [0.3, 0.4) is 0 Å². The molecule has 0 radical (unpaired) electrons. The monoisotopic (exact) mass is 269 g/mol. The average Bonchev–Trinajstić information content (AvgIpc) is 2.83. The van der Waals surface area contributed by atoms with Gasteiger partial charge in [0.1, 0.15) is 0 Å². The van der Waals surface area contributed by atoms with Crippen LogP contribution in [0.4, 0.5) is 5.95 Å². The predicted molar refractivity (Wildman–Crippen MR) is 76.9 cm³/mol. The van der Waals surface area contributed by atoms with Gasteiger partial charge in [0.25, 0.3) is 0 Å². The maximum atomic E-state index is 11.7. The number of hydrogen-bond acceptors (Lipinski definition) is 4. The normalized spacial score (nSPS) is 10.9. The van der Waals surface area contributed by atoms with Gasteiger partial charge in [-0.3, -0.25) is 0 Å². The highest BCUT2D eigenvalue weighted by atomic mass is 16.1. The zero-order valence-corrected chi connectivity index (χ0v) is 11.3. The summed E-state index contributed by atoms with van der Waals surface area (Å²) in [4.78, 5) is 15.9. The molecule has 6 heteroatoms. The van der Waals surface area contributed by atoms with E-state index >= 15 is 0 Å². The highest BCUT2D eigenvalue weighted by Gasteiger charge is 2.06. The fourth-order valence-corrected chi connectivity index (χ4v) is 2.08. The number of benzene rings is 1. The summed E-state index contributed by atoms with van der Waals surface area (Å²) in [6.07, 6.45) is 1.62. The van der Waals surface area contributed by atoms with E-state index < -0.39 is 0 Å². The van der Waals surface area contributed by atoms with E-state index in [-0.39, 0.29) is 5.69 Å². The quantitative estimate of drug-likeness (QED) is 0.758. The molecule has 0 fully saturated rings. The topological polar surface area (TPSA) is 75.1 Å². The molecule has 2 N–H and O–H groups in total. The summed E-state index contributed by atoms with van der Waals surface area (Å²) < 4.78 is 1.42. The Bertz CT molecular complexity index is 818. The molecule has 2 aromatic heterocycles. The van der Waals surface area contributed by atoms with Crippen LogP contribution in [0.1, 0.15) is 16.7 Å². The molecule has 0 atom stereocenters. The van der Waals surface area contributed by atoms with E-state index in [1.54, 1.807) is 12.3 Å². The molecule has 0 aliphatic carbocycles. The molecule has 102 valence electrons. The van der Waals surface area contributed by atoms with E-state index in [0.29, 0.717) is 18.1 Å². The first-order chi connectivity index (χ1) is 9.65. The van der Waals surface area contributed by atoms with Crippen LogP contribution in [-0.2, 0) is 6.54 Å². The molecule has 0 unspecified atom stereocenters. The molecule has 3 rings (SSSR count). The number of aryl methyl sites for hydroxylation is 2. The number of aromatic nitrogens is 4.